The molecule has 1 fully saturated rings. The molecule has 2 aromatic carbocycles. The summed E-state index contributed by atoms with van der Waals surface area (Å²) >= 11 is 0. The number of ether oxygens (including phenoxy) is 1. The van der Waals surface area contributed by atoms with Gasteiger partial charge in [-0.25, -0.2) is 4.79 Å². The van der Waals surface area contributed by atoms with Gasteiger partial charge in [-0.3, -0.25) is 14.4 Å². The van der Waals surface area contributed by atoms with Crippen LogP contribution in [0.2, 0.25) is 0 Å². The van der Waals surface area contributed by atoms with Crippen LogP contribution in [0.1, 0.15) is 30.4 Å². The van der Waals surface area contributed by atoms with E-state index in [0.29, 0.717) is 0 Å². The third-order valence-corrected chi connectivity index (χ3v) is 6.29. The first-order valence-corrected chi connectivity index (χ1v) is 11.2. The molecule has 0 bridgehead atoms. The minimum Gasteiger partial charge on any atom is -0.481 e. The number of rotatable bonds is 8. The maximum absolute atomic E-state index is 12.3. The van der Waals surface area contributed by atoms with Gasteiger partial charge < -0.3 is 25.8 Å². The number of alkyl carbamates (subject to hydrolysis) is 1. The van der Waals surface area contributed by atoms with E-state index in [1.54, 1.807) is 6.92 Å². The summed E-state index contributed by atoms with van der Waals surface area (Å²) in [5.74, 6) is -3.38. The third kappa shape index (κ3) is 4.88. The van der Waals surface area contributed by atoms with E-state index >= 15 is 0 Å². The van der Waals surface area contributed by atoms with E-state index in [1.165, 1.54) is 0 Å². The van der Waals surface area contributed by atoms with E-state index in [2.05, 4.69) is 28.1 Å². The third-order valence-electron chi connectivity index (χ3n) is 6.29. The second-order valence-corrected chi connectivity index (χ2v) is 8.75. The number of fused-ring (bicyclic) bond motifs is 3. The van der Waals surface area contributed by atoms with Crippen molar-refractivity contribution in [3.05, 3.63) is 59.7 Å². The number of aliphatic carboxylic acids is 1. The molecule has 178 valence electrons. The predicted molar refractivity (Wildman–Crippen MR) is 123 cm³/mol. The quantitative estimate of drug-likeness (QED) is 0.470. The Morgan fingerprint density at radius 2 is 1.71 bits per heavy atom. The number of amides is 3. The zero-order valence-electron chi connectivity index (χ0n) is 18.7. The van der Waals surface area contributed by atoms with Crippen molar-refractivity contribution < 1.29 is 29.0 Å². The topological polar surface area (TPSA) is 134 Å². The lowest BCUT2D eigenvalue weighted by molar-refractivity contribution is -0.143. The first-order chi connectivity index (χ1) is 16.3. The van der Waals surface area contributed by atoms with Crippen molar-refractivity contribution in [1.29, 1.82) is 0 Å². The van der Waals surface area contributed by atoms with Crippen molar-refractivity contribution in [1.82, 2.24) is 16.0 Å². The summed E-state index contributed by atoms with van der Waals surface area (Å²) < 4.78 is 5.49. The Labute approximate surface area is 196 Å². The Balaban J connectivity index is 1.24. The highest BCUT2D eigenvalue weighted by Gasteiger charge is 2.40. The molecule has 2 aliphatic rings. The highest BCUT2D eigenvalue weighted by Crippen LogP contribution is 2.44. The van der Waals surface area contributed by atoms with Gasteiger partial charge in [-0.1, -0.05) is 55.5 Å². The highest BCUT2D eigenvalue weighted by molar-refractivity contribution is 5.94. The lowest BCUT2D eigenvalue weighted by Gasteiger charge is -2.18. The molecule has 0 spiro atoms. The van der Waals surface area contributed by atoms with Crippen LogP contribution in [0.3, 0.4) is 0 Å². The van der Waals surface area contributed by atoms with Crippen molar-refractivity contribution in [2.75, 3.05) is 19.7 Å². The fourth-order valence-electron chi connectivity index (χ4n) is 4.55. The van der Waals surface area contributed by atoms with Crippen molar-refractivity contribution in [2.24, 2.45) is 11.8 Å². The number of carboxylic acid groups (broad SMARTS) is 1. The standard InChI is InChI=1S/C25H27N3O6/c1-14(10-21(29)28-22-19(24(31)32)12-26-23(22)30)11-27-25(33)34-13-20-17-8-4-2-6-15(17)16-7-3-5-9-18(16)20/h2-9,14,19-20,22H,10-13H2,1H3,(H,26,30)(H,27,33)(H,28,29)(H,31,32). The minimum absolute atomic E-state index is 0.0159. The first kappa shape index (κ1) is 23.3. The van der Waals surface area contributed by atoms with Gasteiger partial charge in [0.25, 0.3) is 0 Å². The molecule has 9 heteroatoms. The van der Waals surface area contributed by atoms with E-state index in [1.807, 2.05) is 36.4 Å². The summed E-state index contributed by atoms with van der Waals surface area (Å²) in [5.41, 5.74) is 4.54. The maximum Gasteiger partial charge on any atom is 0.407 e. The summed E-state index contributed by atoms with van der Waals surface area (Å²) in [5, 5.41) is 16.8. The first-order valence-electron chi connectivity index (χ1n) is 11.2. The van der Waals surface area contributed by atoms with Crippen molar-refractivity contribution in [2.45, 2.75) is 25.3 Å². The normalized spacial score (nSPS) is 19.5. The second-order valence-electron chi connectivity index (χ2n) is 8.75. The Morgan fingerprint density at radius 3 is 2.32 bits per heavy atom. The van der Waals surface area contributed by atoms with Gasteiger partial charge >= 0.3 is 12.1 Å². The van der Waals surface area contributed by atoms with E-state index in [9.17, 15) is 24.3 Å². The molecule has 4 rings (SSSR count). The molecule has 9 nitrogen and oxygen atoms in total. The molecule has 1 aliphatic heterocycles. The Hall–Kier alpha value is -3.88. The summed E-state index contributed by atoms with van der Waals surface area (Å²) in [6.45, 7) is 2.15. The molecular formula is C25H27N3O6. The van der Waals surface area contributed by atoms with Crippen LogP contribution in [0, 0.1) is 11.8 Å². The molecule has 34 heavy (non-hydrogen) atoms. The van der Waals surface area contributed by atoms with Gasteiger partial charge in [0, 0.05) is 25.4 Å². The van der Waals surface area contributed by atoms with Crippen LogP contribution >= 0.6 is 0 Å². The lowest BCUT2D eigenvalue weighted by Crippen LogP contribution is -2.46. The van der Waals surface area contributed by atoms with Crippen LogP contribution in [-0.2, 0) is 19.1 Å². The molecule has 3 unspecified atom stereocenters. The van der Waals surface area contributed by atoms with Crippen LogP contribution < -0.4 is 16.0 Å². The van der Waals surface area contributed by atoms with Crippen LogP contribution in [0.5, 0.6) is 0 Å². The largest absolute Gasteiger partial charge is 0.481 e. The van der Waals surface area contributed by atoms with Crippen molar-refractivity contribution >= 4 is 23.9 Å². The number of hydrogen-bond donors (Lipinski definition) is 4. The molecule has 1 heterocycles. The van der Waals surface area contributed by atoms with Gasteiger partial charge in [0.2, 0.25) is 11.8 Å². The molecular weight excluding hydrogens is 438 g/mol. The Bertz CT molecular complexity index is 1070. The number of nitrogens with one attached hydrogen (secondary N) is 3. The molecule has 3 atom stereocenters. The number of hydrogen-bond acceptors (Lipinski definition) is 5. The average Bonchev–Trinajstić information content (AvgIpc) is 3.34. The average molecular weight is 466 g/mol. The molecule has 0 saturated carbocycles. The van der Waals surface area contributed by atoms with Crippen LogP contribution in [0.4, 0.5) is 4.79 Å². The van der Waals surface area contributed by atoms with Gasteiger partial charge in [-0.2, -0.15) is 0 Å². The number of carbonyl (C=O) groups excluding carboxylic acids is 3. The monoisotopic (exact) mass is 465 g/mol. The molecule has 2 aromatic rings. The van der Waals surface area contributed by atoms with E-state index < -0.39 is 35.8 Å². The lowest BCUT2D eigenvalue weighted by atomic mass is 9.98. The number of carboxylic acids is 1. The molecule has 1 saturated heterocycles. The summed E-state index contributed by atoms with van der Waals surface area (Å²) in [6.07, 6.45) is -0.546. The molecule has 0 radical (unpaired) electrons. The van der Waals surface area contributed by atoms with Crippen LogP contribution in [0.15, 0.2) is 48.5 Å². The fraction of sp³-hybridized carbons (Fsp3) is 0.360. The van der Waals surface area contributed by atoms with Crippen molar-refractivity contribution in [3.63, 3.8) is 0 Å². The van der Waals surface area contributed by atoms with Gasteiger partial charge in [0.15, 0.2) is 0 Å². The zero-order valence-corrected chi connectivity index (χ0v) is 18.7. The van der Waals surface area contributed by atoms with Gasteiger partial charge in [-0.05, 0) is 28.2 Å². The van der Waals surface area contributed by atoms with Crippen LogP contribution in [-0.4, -0.2) is 54.7 Å². The van der Waals surface area contributed by atoms with Gasteiger partial charge in [0.05, 0.1) is 0 Å². The minimum atomic E-state index is -1.14. The highest BCUT2D eigenvalue weighted by atomic mass is 16.5. The predicted octanol–water partition coefficient (Wildman–Crippen LogP) is 1.87. The van der Waals surface area contributed by atoms with E-state index in [-0.39, 0.29) is 38.0 Å². The molecule has 1 aliphatic carbocycles. The van der Waals surface area contributed by atoms with Gasteiger partial charge in [-0.15, -0.1) is 0 Å². The molecule has 4 N–H and O–H groups in total. The maximum atomic E-state index is 12.3. The summed E-state index contributed by atoms with van der Waals surface area (Å²) in [7, 11) is 0. The second kappa shape index (κ2) is 9.94. The van der Waals surface area contributed by atoms with Crippen molar-refractivity contribution in [3.8, 4) is 11.1 Å². The Kier molecular flexibility index (Phi) is 6.81. The zero-order chi connectivity index (χ0) is 24.2. The SMILES string of the molecule is CC(CNC(=O)OCC1c2ccccc2-c2ccccc21)CC(=O)NC1C(=O)NCC1C(=O)O. The summed E-state index contributed by atoms with van der Waals surface area (Å²) in [4.78, 5) is 47.6. The van der Waals surface area contributed by atoms with E-state index in [0.717, 1.165) is 22.3 Å². The Morgan fingerprint density at radius 1 is 1.09 bits per heavy atom. The smallest absolute Gasteiger partial charge is 0.407 e. The molecule has 3 amide bonds. The number of carbonyl (C=O) groups is 4. The fourth-order valence-corrected chi connectivity index (χ4v) is 4.55. The molecule has 0 aromatic heterocycles. The van der Waals surface area contributed by atoms with Gasteiger partial charge in [0.1, 0.15) is 18.6 Å². The van der Waals surface area contributed by atoms with E-state index in [4.69, 9.17) is 4.74 Å². The summed E-state index contributed by atoms with van der Waals surface area (Å²) in [6, 6.07) is 15.0. The number of benzene rings is 2. The van der Waals surface area contributed by atoms with Crippen LogP contribution in [0.25, 0.3) is 11.1 Å².